The van der Waals surface area contributed by atoms with Crippen LogP contribution in [-0.2, 0) is 4.79 Å². The van der Waals surface area contributed by atoms with Gasteiger partial charge in [0.1, 0.15) is 11.5 Å². The molecule has 0 bridgehead atoms. The fourth-order valence-electron chi connectivity index (χ4n) is 2.55. The standard InChI is InChI=1S/C20H18O2.CH2O2/c1-21-17-10-6-9-16(13-17)19-12-11-18(22-2)14-20(19)15-7-4-3-5-8-15;2-1-3/h3-14H,1-2H3;1H,(H,2,3). The van der Waals surface area contributed by atoms with Crippen LogP contribution in [0.2, 0.25) is 0 Å². The second-order valence-corrected chi connectivity index (χ2v) is 5.11. The Labute approximate surface area is 147 Å². The average Bonchev–Trinajstić information content (AvgIpc) is 2.69. The first-order valence-corrected chi connectivity index (χ1v) is 7.69. The Kier molecular flexibility index (Phi) is 6.60. The van der Waals surface area contributed by atoms with Crippen molar-refractivity contribution in [3.63, 3.8) is 0 Å². The lowest BCUT2D eigenvalue weighted by Gasteiger charge is -2.13. The van der Waals surface area contributed by atoms with Gasteiger partial charge in [-0.3, -0.25) is 4.79 Å². The van der Waals surface area contributed by atoms with Gasteiger partial charge in [0, 0.05) is 0 Å². The van der Waals surface area contributed by atoms with E-state index in [2.05, 4.69) is 30.3 Å². The summed E-state index contributed by atoms with van der Waals surface area (Å²) in [5.74, 6) is 1.71. The number of carbonyl (C=O) groups is 1. The third kappa shape index (κ3) is 4.61. The van der Waals surface area contributed by atoms with Crippen molar-refractivity contribution in [2.45, 2.75) is 0 Å². The fraction of sp³-hybridized carbons (Fsp3) is 0.0952. The van der Waals surface area contributed by atoms with Crippen molar-refractivity contribution in [1.82, 2.24) is 0 Å². The van der Waals surface area contributed by atoms with Crippen LogP contribution in [0.5, 0.6) is 11.5 Å². The van der Waals surface area contributed by atoms with Crippen LogP contribution >= 0.6 is 0 Å². The molecule has 4 nitrogen and oxygen atoms in total. The Morgan fingerprint density at radius 2 is 1.32 bits per heavy atom. The van der Waals surface area contributed by atoms with Gasteiger partial charge in [0.15, 0.2) is 0 Å². The van der Waals surface area contributed by atoms with Gasteiger partial charge in [-0.2, -0.15) is 0 Å². The van der Waals surface area contributed by atoms with Gasteiger partial charge < -0.3 is 14.6 Å². The molecule has 3 aromatic carbocycles. The van der Waals surface area contributed by atoms with Crippen LogP contribution in [0.15, 0.2) is 72.8 Å². The first-order valence-electron chi connectivity index (χ1n) is 7.69. The molecule has 0 heterocycles. The summed E-state index contributed by atoms with van der Waals surface area (Å²) in [5.41, 5.74) is 4.60. The van der Waals surface area contributed by atoms with Crippen LogP contribution in [0.4, 0.5) is 0 Å². The molecule has 128 valence electrons. The lowest BCUT2D eigenvalue weighted by Crippen LogP contribution is -1.89. The smallest absolute Gasteiger partial charge is 0.290 e. The molecule has 0 atom stereocenters. The number of hydrogen-bond donors (Lipinski definition) is 1. The number of carboxylic acid groups (broad SMARTS) is 1. The van der Waals surface area contributed by atoms with Crippen molar-refractivity contribution < 1.29 is 19.4 Å². The first kappa shape index (κ1) is 18.1. The third-order valence-electron chi connectivity index (χ3n) is 3.69. The molecule has 25 heavy (non-hydrogen) atoms. The van der Waals surface area contributed by atoms with E-state index in [1.54, 1.807) is 14.2 Å². The Morgan fingerprint density at radius 1 is 0.720 bits per heavy atom. The van der Waals surface area contributed by atoms with Crippen LogP contribution in [0, 0.1) is 0 Å². The number of ether oxygens (including phenoxy) is 2. The predicted octanol–water partition coefficient (Wildman–Crippen LogP) is 4.74. The van der Waals surface area contributed by atoms with E-state index >= 15 is 0 Å². The molecule has 0 aliphatic heterocycles. The van der Waals surface area contributed by atoms with Gasteiger partial charge in [-0.05, 0) is 46.5 Å². The van der Waals surface area contributed by atoms with Crippen LogP contribution in [0.25, 0.3) is 22.3 Å². The summed E-state index contributed by atoms with van der Waals surface area (Å²) in [4.78, 5) is 8.36. The van der Waals surface area contributed by atoms with Crippen LogP contribution in [0.3, 0.4) is 0 Å². The maximum absolute atomic E-state index is 8.36. The molecule has 0 saturated heterocycles. The van der Waals surface area contributed by atoms with Gasteiger partial charge in [0.2, 0.25) is 0 Å². The average molecular weight is 336 g/mol. The van der Waals surface area contributed by atoms with E-state index in [1.165, 1.54) is 5.56 Å². The van der Waals surface area contributed by atoms with Crippen molar-refractivity contribution in [2.24, 2.45) is 0 Å². The highest BCUT2D eigenvalue weighted by Gasteiger charge is 2.09. The van der Waals surface area contributed by atoms with Crippen molar-refractivity contribution in [2.75, 3.05) is 14.2 Å². The predicted molar refractivity (Wildman–Crippen MR) is 99.1 cm³/mol. The highest BCUT2D eigenvalue weighted by atomic mass is 16.5. The summed E-state index contributed by atoms with van der Waals surface area (Å²) in [6, 6.07) is 24.6. The second kappa shape index (κ2) is 9.13. The van der Waals surface area contributed by atoms with Crippen LogP contribution < -0.4 is 9.47 Å². The highest BCUT2D eigenvalue weighted by molar-refractivity contribution is 5.84. The van der Waals surface area contributed by atoms with Gasteiger partial charge in [0.25, 0.3) is 6.47 Å². The van der Waals surface area contributed by atoms with Crippen molar-refractivity contribution in [3.8, 4) is 33.8 Å². The van der Waals surface area contributed by atoms with Crippen molar-refractivity contribution >= 4 is 6.47 Å². The lowest BCUT2D eigenvalue weighted by molar-refractivity contribution is -0.122. The zero-order valence-corrected chi connectivity index (χ0v) is 14.2. The molecular weight excluding hydrogens is 316 g/mol. The van der Waals surface area contributed by atoms with Crippen LogP contribution in [0.1, 0.15) is 0 Å². The molecule has 0 unspecified atom stereocenters. The Morgan fingerprint density at radius 3 is 1.96 bits per heavy atom. The van der Waals surface area contributed by atoms with Gasteiger partial charge in [0.05, 0.1) is 14.2 Å². The van der Waals surface area contributed by atoms with E-state index in [4.69, 9.17) is 19.4 Å². The minimum absolute atomic E-state index is 0.250. The minimum atomic E-state index is -0.250. The first-order chi connectivity index (χ1) is 12.2. The molecular formula is C21H20O4. The summed E-state index contributed by atoms with van der Waals surface area (Å²) in [6.45, 7) is -0.250. The Bertz CT molecular complexity index is 813. The highest BCUT2D eigenvalue weighted by Crippen LogP contribution is 2.36. The Balaban J connectivity index is 0.000000701. The summed E-state index contributed by atoms with van der Waals surface area (Å²) < 4.78 is 10.7. The summed E-state index contributed by atoms with van der Waals surface area (Å²) in [6.07, 6.45) is 0. The molecule has 3 aromatic rings. The van der Waals surface area contributed by atoms with Crippen molar-refractivity contribution in [3.05, 3.63) is 72.8 Å². The van der Waals surface area contributed by atoms with E-state index < -0.39 is 0 Å². The number of benzene rings is 3. The molecule has 0 radical (unpaired) electrons. The lowest BCUT2D eigenvalue weighted by atomic mass is 9.94. The summed E-state index contributed by atoms with van der Waals surface area (Å²) in [5, 5.41) is 6.89. The zero-order chi connectivity index (χ0) is 18.1. The number of methoxy groups -OCH3 is 2. The van der Waals surface area contributed by atoms with Gasteiger partial charge in [-0.15, -0.1) is 0 Å². The SMILES string of the molecule is COc1cccc(-c2ccc(OC)cc2-c2ccccc2)c1.O=CO. The summed E-state index contributed by atoms with van der Waals surface area (Å²) >= 11 is 0. The topological polar surface area (TPSA) is 55.8 Å². The molecule has 4 heteroatoms. The van der Waals surface area contributed by atoms with E-state index in [0.717, 1.165) is 28.2 Å². The molecule has 3 rings (SSSR count). The molecule has 0 amide bonds. The Hall–Kier alpha value is -3.27. The maximum Gasteiger partial charge on any atom is 0.290 e. The molecule has 0 aromatic heterocycles. The van der Waals surface area contributed by atoms with E-state index in [9.17, 15) is 0 Å². The molecule has 0 aliphatic carbocycles. The molecule has 0 aliphatic rings. The van der Waals surface area contributed by atoms with E-state index in [0.29, 0.717) is 0 Å². The number of hydrogen-bond acceptors (Lipinski definition) is 3. The van der Waals surface area contributed by atoms with E-state index in [-0.39, 0.29) is 6.47 Å². The maximum atomic E-state index is 8.36. The molecule has 0 spiro atoms. The van der Waals surface area contributed by atoms with Crippen molar-refractivity contribution in [1.29, 1.82) is 0 Å². The molecule has 1 N–H and O–H groups in total. The third-order valence-corrected chi connectivity index (χ3v) is 3.69. The van der Waals surface area contributed by atoms with Gasteiger partial charge >= 0.3 is 0 Å². The second-order valence-electron chi connectivity index (χ2n) is 5.11. The monoisotopic (exact) mass is 336 g/mol. The molecule has 0 saturated carbocycles. The van der Waals surface area contributed by atoms with E-state index in [1.807, 2.05) is 42.5 Å². The molecule has 0 fully saturated rings. The quantitative estimate of drug-likeness (QED) is 0.699. The largest absolute Gasteiger partial charge is 0.497 e. The zero-order valence-electron chi connectivity index (χ0n) is 14.2. The summed E-state index contributed by atoms with van der Waals surface area (Å²) in [7, 11) is 3.38. The van der Waals surface area contributed by atoms with Gasteiger partial charge in [-0.1, -0.05) is 48.5 Å². The minimum Gasteiger partial charge on any atom is -0.497 e. The van der Waals surface area contributed by atoms with Crippen LogP contribution in [-0.4, -0.2) is 25.8 Å². The normalized spacial score (nSPS) is 9.52. The number of rotatable bonds is 4. The fourth-order valence-corrected chi connectivity index (χ4v) is 2.55. The van der Waals surface area contributed by atoms with Gasteiger partial charge in [-0.25, -0.2) is 0 Å².